The first-order valence-electron chi connectivity index (χ1n) is 8.22. The molecule has 2 rings (SSSR count). The summed E-state index contributed by atoms with van der Waals surface area (Å²) in [5.74, 6) is -0.291. The summed E-state index contributed by atoms with van der Waals surface area (Å²) in [5, 5.41) is -0.590. The highest BCUT2D eigenvalue weighted by Gasteiger charge is 2.34. The third kappa shape index (κ3) is 6.06. The summed E-state index contributed by atoms with van der Waals surface area (Å²) >= 11 is 5.49. The summed E-state index contributed by atoms with van der Waals surface area (Å²) in [7, 11) is -2.62. The zero-order valence-electron chi connectivity index (χ0n) is 14.6. The molecule has 0 bridgehead atoms. The summed E-state index contributed by atoms with van der Waals surface area (Å²) in [6.45, 7) is 0.840. The molecule has 1 heterocycles. The minimum absolute atomic E-state index is 0.0227. The fraction of sp³-hybridized carbons (Fsp3) is 0.562. The van der Waals surface area contributed by atoms with Gasteiger partial charge in [0.25, 0.3) is 0 Å². The van der Waals surface area contributed by atoms with Crippen LogP contribution in [0.3, 0.4) is 0 Å². The second kappa shape index (κ2) is 8.76. The molecule has 1 amide bonds. The molecule has 1 N–H and O–H groups in total. The summed E-state index contributed by atoms with van der Waals surface area (Å²) in [4.78, 5) is 12.9. The molecule has 0 saturated carbocycles. The van der Waals surface area contributed by atoms with E-state index in [1.165, 1.54) is 4.90 Å². The SMILES string of the molecule is CN(CC1CCCO1)C(=O)CCNS(=O)(=O)c1ccc(Cl)c(C(F)(F)F)c1. The minimum atomic E-state index is -4.77. The van der Waals surface area contributed by atoms with Gasteiger partial charge in [-0.2, -0.15) is 13.2 Å². The lowest BCUT2D eigenvalue weighted by molar-refractivity contribution is -0.137. The number of hydrogen-bond donors (Lipinski definition) is 1. The van der Waals surface area contributed by atoms with Gasteiger partial charge in [0.2, 0.25) is 15.9 Å². The van der Waals surface area contributed by atoms with Gasteiger partial charge in [-0.1, -0.05) is 11.6 Å². The smallest absolute Gasteiger partial charge is 0.376 e. The Balaban J connectivity index is 1.93. The molecule has 1 unspecified atom stereocenters. The van der Waals surface area contributed by atoms with Crippen molar-refractivity contribution in [3.63, 3.8) is 0 Å². The average molecular weight is 429 g/mol. The number of halogens is 4. The van der Waals surface area contributed by atoms with Crippen LogP contribution in [-0.2, 0) is 25.7 Å². The fourth-order valence-electron chi connectivity index (χ4n) is 2.65. The monoisotopic (exact) mass is 428 g/mol. The molecule has 1 aromatic carbocycles. The van der Waals surface area contributed by atoms with E-state index in [-0.39, 0.29) is 25.0 Å². The topological polar surface area (TPSA) is 75.7 Å². The van der Waals surface area contributed by atoms with Crippen molar-refractivity contribution in [3.05, 3.63) is 28.8 Å². The Kier molecular flexibility index (Phi) is 7.12. The van der Waals surface area contributed by atoms with Crippen molar-refractivity contribution >= 4 is 27.5 Å². The molecule has 1 aliphatic rings. The first-order valence-corrected chi connectivity index (χ1v) is 10.1. The van der Waals surface area contributed by atoms with Gasteiger partial charge >= 0.3 is 6.18 Å². The summed E-state index contributed by atoms with van der Waals surface area (Å²) in [5.41, 5.74) is -1.24. The number of benzene rings is 1. The van der Waals surface area contributed by atoms with Crippen molar-refractivity contribution in [2.45, 2.75) is 36.4 Å². The van der Waals surface area contributed by atoms with Gasteiger partial charge in [-0.25, -0.2) is 13.1 Å². The highest BCUT2D eigenvalue weighted by Crippen LogP contribution is 2.35. The molecule has 0 spiro atoms. The molecule has 0 aromatic heterocycles. The quantitative estimate of drug-likeness (QED) is 0.724. The molecule has 0 aliphatic carbocycles. The van der Waals surface area contributed by atoms with E-state index in [2.05, 4.69) is 4.72 Å². The third-order valence-electron chi connectivity index (χ3n) is 4.11. The molecule has 1 atom stereocenters. The van der Waals surface area contributed by atoms with Gasteiger partial charge < -0.3 is 9.64 Å². The number of carbonyl (C=O) groups excluding carboxylic acids is 1. The van der Waals surface area contributed by atoms with Crippen molar-refractivity contribution in [3.8, 4) is 0 Å². The van der Waals surface area contributed by atoms with E-state index in [1.54, 1.807) is 7.05 Å². The predicted octanol–water partition coefficient (Wildman–Crippen LogP) is 2.66. The molecule has 6 nitrogen and oxygen atoms in total. The van der Waals surface area contributed by atoms with Gasteiger partial charge in [-0.05, 0) is 31.0 Å². The minimum Gasteiger partial charge on any atom is -0.376 e. The molecule has 1 aliphatic heterocycles. The van der Waals surface area contributed by atoms with Crippen LogP contribution in [0.4, 0.5) is 13.2 Å². The maximum atomic E-state index is 12.9. The number of nitrogens with one attached hydrogen (secondary N) is 1. The maximum absolute atomic E-state index is 12.9. The predicted molar refractivity (Wildman–Crippen MR) is 92.9 cm³/mol. The number of ether oxygens (including phenoxy) is 1. The Morgan fingerprint density at radius 2 is 2.11 bits per heavy atom. The Hall–Kier alpha value is -1.36. The average Bonchev–Trinajstić information content (AvgIpc) is 3.06. The number of alkyl halides is 3. The highest BCUT2D eigenvalue weighted by atomic mass is 35.5. The van der Waals surface area contributed by atoms with E-state index >= 15 is 0 Å². The summed E-state index contributed by atoms with van der Waals surface area (Å²) in [6, 6.07) is 2.32. The van der Waals surface area contributed by atoms with Crippen molar-refractivity contribution in [2.24, 2.45) is 0 Å². The Morgan fingerprint density at radius 1 is 1.41 bits per heavy atom. The van der Waals surface area contributed by atoms with Crippen LogP contribution < -0.4 is 4.72 Å². The third-order valence-corrected chi connectivity index (χ3v) is 5.90. The first kappa shape index (κ1) is 21.9. The van der Waals surface area contributed by atoms with E-state index in [9.17, 15) is 26.4 Å². The molecular weight excluding hydrogens is 409 g/mol. The molecule has 1 fully saturated rings. The van der Waals surface area contributed by atoms with Crippen LogP contribution in [0.15, 0.2) is 23.1 Å². The number of rotatable bonds is 7. The van der Waals surface area contributed by atoms with Crippen molar-refractivity contribution in [2.75, 3.05) is 26.7 Å². The first-order chi connectivity index (χ1) is 12.5. The zero-order chi connectivity index (χ0) is 20.2. The van der Waals surface area contributed by atoms with E-state index < -0.39 is 31.7 Å². The Labute approximate surface area is 160 Å². The van der Waals surface area contributed by atoms with E-state index in [0.29, 0.717) is 19.2 Å². The van der Waals surface area contributed by atoms with Crippen LogP contribution in [0.2, 0.25) is 5.02 Å². The zero-order valence-corrected chi connectivity index (χ0v) is 16.1. The number of likely N-dealkylation sites (N-methyl/N-ethyl adjacent to an activating group) is 1. The van der Waals surface area contributed by atoms with Gasteiger partial charge in [-0.3, -0.25) is 4.79 Å². The van der Waals surface area contributed by atoms with Gasteiger partial charge in [0.15, 0.2) is 0 Å². The van der Waals surface area contributed by atoms with Gasteiger partial charge in [-0.15, -0.1) is 0 Å². The molecule has 11 heteroatoms. The van der Waals surface area contributed by atoms with Crippen LogP contribution in [0.25, 0.3) is 0 Å². The largest absolute Gasteiger partial charge is 0.417 e. The maximum Gasteiger partial charge on any atom is 0.417 e. The summed E-state index contributed by atoms with van der Waals surface area (Å²) in [6.07, 6.45) is -3.12. The lowest BCUT2D eigenvalue weighted by Crippen LogP contribution is -2.36. The molecule has 1 aromatic rings. The molecule has 152 valence electrons. The normalized spacial score (nSPS) is 17.9. The number of amides is 1. The molecular formula is C16H20ClF3N2O4S. The van der Waals surface area contributed by atoms with Crippen LogP contribution in [0, 0.1) is 0 Å². The lowest BCUT2D eigenvalue weighted by atomic mass is 10.2. The second-order valence-corrected chi connectivity index (χ2v) is 8.37. The van der Waals surface area contributed by atoms with E-state index in [4.69, 9.17) is 16.3 Å². The van der Waals surface area contributed by atoms with E-state index in [1.807, 2.05) is 0 Å². The van der Waals surface area contributed by atoms with Gasteiger partial charge in [0, 0.05) is 33.2 Å². The fourth-order valence-corrected chi connectivity index (χ4v) is 3.93. The van der Waals surface area contributed by atoms with Crippen LogP contribution >= 0.6 is 11.6 Å². The number of sulfonamides is 1. The number of carbonyl (C=O) groups is 1. The van der Waals surface area contributed by atoms with Gasteiger partial charge in [0.05, 0.1) is 21.6 Å². The van der Waals surface area contributed by atoms with Crippen molar-refractivity contribution < 1.29 is 31.1 Å². The van der Waals surface area contributed by atoms with Crippen LogP contribution in [-0.4, -0.2) is 52.1 Å². The van der Waals surface area contributed by atoms with Crippen LogP contribution in [0.5, 0.6) is 0 Å². The Bertz CT molecular complexity index is 780. The highest BCUT2D eigenvalue weighted by molar-refractivity contribution is 7.89. The second-order valence-electron chi connectivity index (χ2n) is 6.20. The molecule has 27 heavy (non-hydrogen) atoms. The van der Waals surface area contributed by atoms with Gasteiger partial charge in [0.1, 0.15) is 0 Å². The van der Waals surface area contributed by atoms with Crippen molar-refractivity contribution in [1.82, 2.24) is 9.62 Å². The standard InChI is InChI=1S/C16H20ClF3N2O4S/c1-22(10-11-3-2-8-26-11)15(23)6-7-21-27(24,25)12-4-5-14(17)13(9-12)16(18,19)20/h4-5,9,11,21H,2-3,6-8,10H2,1H3. The van der Waals surface area contributed by atoms with E-state index in [0.717, 1.165) is 25.0 Å². The molecule has 0 radical (unpaired) electrons. The van der Waals surface area contributed by atoms with Crippen LogP contribution in [0.1, 0.15) is 24.8 Å². The van der Waals surface area contributed by atoms with Crippen molar-refractivity contribution in [1.29, 1.82) is 0 Å². The lowest BCUT2D eigenvalue weighted by Gasteiger charge is -2.21. The number of hydrogen-bond acceptors (Lipinski definition) is 4. The Morgan fingerprint density at radius 3 is 2.70 bits per heavy atom. The summed E-state index contributed by atoms with van der Waals surface area (Å²) < 4.78 is 70.6. The number of nitrogens with zero attached hydrogens (tertiary/aromatic N) is 1. The molecule has 1 saturated heterocycles.